The number of hydrogen-bond donors (Lipinski definition) is 1. The van der Waals surface area contributed by atoms with Gasteiger partial charge in [-0.05, 0) is 44.9 Å². The molecule has 11 heavy (non-hydrogen) atoms. The highest BCUT2D eigenvalue weighted by molar-refractivity contribution is 4.84. The molecule has 1 fully saturated rings. The number of aliphatic hydroxyl groups is 1. The lowest BCUT2D eigenvalue weighted by atomic mass is 9.79. The van der Waals surface area contributed by atoms with Crippen molar-refractivity contribution in [1.29, 1.82) is 0 Å². The summed E-state index contributed by atoms with van der Waals surface area (Å²) in [5.74, 6) is 0.785. The highest BCUT2D eigenvalue weighted by atomic mass is 16.3. The van der Waals surface area contributed by atoms with E-state index in [1.165, 1.54) is 12.8 Å². The molecule has 0 bridgehead atoms. The van der Waals surface area contributed by atoms with Gasteiger partial charge < -0.3 is 5.11 Å². The van der Waals surface area contributed by atoms with Gasteiger partial charge in [0, 0.05) is 0 Å². The second-order valence-electron chi connectivity index (χ2n) is 3.96. The number of rotatable bonds is 2. The van der Waals surface area contributed by atoms with Gasteiger partial charge in [-0.15, -0.1) is 6.58 Å². The summed E-state index contributed by atoms with van der Waals surface area (Å²) in [7, 11) is 0. The first-order valence-corrected chi connectivity index (χ1v) is 4.47. The zero-order valence-corrected chi connectivity index (χ0v) is 7.34. The number of allylic oxidation sites excluding steroid dienone is 1. The summed E-state index contributed by atoms with van der Waals surface area (Å²) in [4.78, 5) is 0. The van der Waals surface area contributed by atoms with E-state index >= 15 is 0 Å². The Morgan fingerprint density at radius 1 is 1.55 bits per heavy atom. The largest absolute Gasteiger partial charge is 0.390 e. The van der Waals surface area contributed by atoms with Crippen molar-refractivity contribution in [2.45, 2.75) is 44.6 Å². The molecule has 0 radical (unpaired) electrons. The van der Waals surface area contributed by atoms with Crippen molar-refractivity contribution in [3.63, 3.8) is 0 Å². The maximum atomic E-state index is 9.63. The van der Waals surface area contributed by atoms with E-state index < -0.39 is 0 Å². The van der Waals surface area contributed by atoms with Gasteiger partial charge in [0.05, 0.1) is 5.60 Å². The molecule has 0 aromatic carbocycles. The lowest BCUT2D eigenvalue weighted by Gasteiger charge is -2.32. The van der Waals surface area contributed by atoms with Crippen LogP contribution in [0.5, 0.6) is 0 Å². The first-order chi connectivity index (χ1) is 5.14. The molecule has 0 aliphatic heterocycles. The summed E-state index contributed by atoms with van der Waals surface area (Å²) >= 11 is 0. The van der Waals surface area contributed by atoms with Crippen LogP contribution in [0.3, 0.4) is 0 Å². The van der Waals surface area contributed by atoms with Gasteiger partial charge >= 0.3 is 0 Å². The fraction of sp³-hybridized carbons (Fsp3) is 0.800. The zero-order valence-electron chi connectivity index (χ0n) is 7.34. The Morgan fingerprint density at radius 3 is 2.55 bits per heavy atom. The van der Waals surface area contributed by atoms with Crippen molar-refractivity contribution in [3.8, 4) is 0 Å². The molecule has 0 unspecified atom stereocenters. The predicted molar refractivity (Wildman–Crippen MR) is 47.4 cm³/mol. The molecule has 0 heterocycles. The molecule has 1 rings (SSSR count). The van der Waals surface area contributed by atoms with Crippen molar-refractivity contribution >= 4 is 0 Å². The van der Waals surface area contributed by atoms with Gasteiger partial charge in [0.25, 0.3) is 0 Å². The first-order valence-electron chi connectivity index (χ1n) is 4.47. The normalized spacial score (nSPS) is 38.5. The highest BCUT2D eigenvalue weighted by Crippen LogP contribution is 2.33. The summed E-state index contributed by atoms with van der Waals surface area (Å²) in [5, 5.41) is 9.63. The summed E-state index contributed by atoms with van der Waals surface area (Å²) in [6.45, 7) is 5.67. The van der Waals surface area contributed by atoms with Crippen molar-refractivity contribution in [3.05, 3.63) is 12.7 Å². The molecule has 1 aliphatic rings. The molecule has 1 nitrogen and oxygen atoms in total. The molecule has 0 aromatic heterocycles. The van der Waals surface area contributed by atoms with Crippen LogP contribution >= 0.6 is 0 Å². The second kappa shape index (κ2) is 3.40. The Bertz CT molecular complexity index is 128. The van der Waals surface area contributed by atoms with Crippen LogP contribution in [0.2, 0.25) is 0 Å². The molecule has 0 spiro atoms. The average Bonchev–Trinajstić information content (AvgIpc) is 1.94. The van der Waals surface area contributed by atoms with Crippen LogP contribution < -0.4 is 0 Å². The van der Waals surface area contributed by atoms with Crippen molar-refractivity contribution in [2.75, 3.05) is 0 Å². The predicted octanol–water partition coefficient (Wildman–Crippen LogP) is 2.50. The molecule has 1 saturated carbocycles. The summed E-state index contributed by atoms with van der Waals surface area (Å²) in [6, 6.07) is 0. The molecule has 1 aliphatic carbocycles. The van der Waals surface area contributed by atoms with E-state index in [1.54, 1.807) is 0 Å². The van der Waals surface area contributed by atoms with Crippen LogP contribution in [0.15, 0.2) is 12.7 Å². The van der Waals surface area contributed by atoms with Crippen LogP contribution in [-0.4, -0.2) is 10.7 Å². The minimum atomic E-state index is -0.377. The molecule has 64 valence electrons. The van der Waals surface area contributed by atoms with E-state index in [4.69, 9.17) is 0 Å². The van der Waals surface area contributed by atoms with Crippen molar-refractivity contribution in [2.24, 2.45) is 5.92 Å². The fourth-order valence-electron chi connectivity index (χ4n) is 1.77. The van der Waals surface area contributed by atoms with Crippen LogP contribution in [0.4, 0.5) is 0 Å². The third kappa shape index (κ3) is 2.66. The van der Waals surface area contributed by atoms with Gasteiger partial charge in [0.15, 0.2) is 0 Å². The van der Waals surface area contributed by atoms with E-state index in [1.807, 2.05) is 13.0 Å². The smallest absolute Gasteiger partial charge is 0.0620 e. The molecular formula is C10H18O. The first kappa shape index (κ1) is 8.79. The maximum Gasteiger partial charge on any atom is 0.0620 e. The van der Waals surface area contributed by atoms with Crippen LogP contribution in [0, 0.1) is 5.92 Å². The molecule has 0 amide bonds. The quantitative estimate of drug-likeness (QED) is 0.606. The minimum absolute atomic E-state index is 0.377. The van der Waals surface area contributed by atoms with Gasteiger partial charge in [-0.2, -0.15) is 0 Å². The molecule has 0 aromatic rings. The van der Waals surface area contributed by atoms with Crippen LogP contribution in [-0.2, 0) is 0 Å². The lowest BCUT2D eigenvalue weighted by Crippen LogP contribution is -2.30. The van der Waals surface area contributed by atoms with Crippen molar-refractivity contribution < 1.29 is 5.11 Å². The van der Waals surface area contributed by atoms with E-state index in [0.717, 1.165) is 25.2 Å². The average molecular weight is 154 g/mol. The maximum absolute atomic E-state index is 9.63. The topological polar surface area (TPSA) is 20.2 Å². The molecule has 1 heteroatoms. The van der Waals surface area contributed by atoms with E-state index in [9.17, 15) is 5.11 Å². The third-order valence-corrected chi connectivity index (χ3v) is 2.68. The highest BCUT2D eigenvalue weighted by Gasteiger charge is 2.27. The monoisotopic (exact) mass is 154 g/mol. The summed E-state index contributed by atoms with van der Waals surface area (Å²) in [6.07, 6.45) is 7.37. The Labute approximate surface area is 69.1 Å². The third-order valence-electron chi connectivity index (χ3n) is 2.68. The zero-order chi connectivity index (χ0) is 8.32. The second-order valence-corrected chi connectivity index (χ2v) is 3.96. The molecule has 0 atom stereocenters. The van der Waals surface area contributed by atoms with Gasteiger partial charge in [0.1, 0.15) is 0 Å². The van der Waals surface area contributed by atoms with Gasteiger partial charge in [-0.25, -0.2) is 0 Å². The van der Waals surface area contributed by atoms with Crippen LogP contribution in [0.1, 0.15) is 39.0 Å². The Hall–Kier alpha value is -0.300. The molecular weight excluding hydrogens is 136 g/mol. The lowest BCUT2D eigenvalue weighted by molar-refractivity contribution is 0.00848. The van der Waals surface area contributed by atoms with Gasteiger partial charge in [-0.1, -0.05) is 6.08 Å². The van der Waals surface area contributed by atoms with E-state index in [2.05, 4.69) is 6.58 Å². The van der Waals surface area contributed by atoms with E-state index in [0.29, 0.717) is 0 Å². The number of hydrogen-bond acceptors (Lipinski definition) is 1. The summed E-state index contributed by atoms with van der Waals surface area (Å²) in [5.41, 5.74) is -0.377. The van der Waals surface area contributed by atoms with Gasteiger partial charge in [0.2, 0.25) is 0 Å². The molecule has 1 N–H and O–H groups in total. The van der Waals surface area contributed by atoms with E-state index in [-0.39, 0.29) is 5.60 Å². The Morgan fingerprint density at radius 2 is 2.09 bits per heavy atom. The minimum Gasteiger partial charge on any atom is -0.390 e. The Kier molecular flexibility index (Phi) is 2.72. The molecule has 0 saturated heterocycles. The van der Waals surface area contributed by atoms with Crippen molar-refractivity contribution in [1.82, 2.24) is 0 Å². The van der Waals surface area contributed by atoms with Gasteiger partial charge in [-0.3, -0.25) is 0 Å². The summed E-state index contributed by atoms with van der Waals surface area (Å²) < 4.78 is 0. The Balaban J connectivity index is 2.30. The van der Waals surface area contributed by atoms with Crippen LogP contribution in [0.25, 0.3) is 0 Å². The standard InChI is InChI=1S/C10H18O/c1-3-4-9-5-7-10(2,11)8-6-9/h3,9,11H,1,4-8H2,2H3. The SMILES string of the molecule is C=CCC1CCC(C)(O)CC1. The fourth-order valence-corrected chi connectivity index (χ4v) is 1.77.